The lowest BCUT2D eigenvalue weighted by molar-refractivity contribution is -0.122. The van der Waals surface area contributed by atoms with Crippen molar-refractivity contribution in [3.63, 3.8) is 0 Å². The molecule has 1 aliphatic heterocycles. The Morgan fingerprint density at radius 2 is 1.93 bits per heavy atom. The molecule has 0 saturated carbocycles. The number of halogens is 2. The van der Waals surface area contributed by atoms with Crippen LogP contribution in [0, 0.1) is 12.3 Å². The van der Waals surface area contributed by atoms with E-state index in [2.05, 4.69) is 37.8 Å². The summed E-state index contributed by atoms with van der Waals surface area (Å²) < 4.78 is 13.1. The van der Waals surface area contributed by atoms with Crippen LogP contribution < -0.4 is 9.47 Å². The van der Waals surface area contributed by atoms with Crippen LogP contribution in [0.3, 0.4) is 0 Å². The maximum absolute atomic E-state index is 12.3. The molecule has 1 fully saturated rings. The van der Waals surface area contributed by atoms with Gasteiger partial charge in [0.1, 0.15) is 6.61 Å². The minimum Gasteiger partial charge on any atom is -0.493 e. The van der Waals surface area contributed by atoms with Gasteiger partial charge in [-0.3, -0.25) is 14.5 Å². The van der Waals surface area contributed by atoms with E-state index in [1.54, 1.807) is 25.3 Å². The highest BCUT2D eigenvalue weighted by Gasteiger charge is 2.34. The highest BCUT2D eigenvalue weighted by molar-refractivity contribution is 9.10. The van der Waals surface area contributed by atoms with E-state index < -0.39 is 5.91 Å². The van der Waals surface area contributed by atoms with Crippen LogP contribution in [0.2, 0.25) is 0 Å². The standard InChI is InChI=1S/C21H15Br2NO4S/c1-3-8-24-20(25)18(29-21(24)26)11-14-9-16(23)19(17(10-14)27-2)28-12-13-4-6-15(22)7-5-13/h1,4-7,9-11H,8,12H2,2H3/b18-11+. The summed E-state index contributed by atoms with van der Waals surface area (Å²) in [4.78, 5) is 25.6. The van der Waals surface area contributed by atoms with Crippen molar-refractivity contribution in [1.29, 1.82) is 0 Å². The number of rotatable bonds is 6. The number of methoxy groups -OCH3 is 1. The summed E-state index contributed by atoms with van der Waals surface area (Å²) in [6.45, 7) is 0.324. The van der Waals surface area contributed by atoms with Crippen LogP contribution in [0.5, 0.6) is 11.5 Å². The van der Waals surface area contributed by atoms with E-state index in [0.717, 1.165) is 26.7 Å². The van der Waals surface area contributed by atoms with Crippen molar-refractivity contribution in [2.24, 2.45) is 0 Å². The smallest absolute Gasteiger partial charge is 0.294 e. The maximum atomic E-state index is 12.3. The van der Waals surface area contributed by atoms with E-state index in [1.807, 2.05) is 24.3 Å². The van der Waals surface area contributed by atoms with Crippen LogP contribution in [0.1, 0.15) is 11.1 Å². The molecule has 2 amide bonds. The number of terminal acetylenes is 1. The van der Waals surface area contributed by atoms with E-state index >= 15 is 0 Å². The second-order valence-corrected chi connectivity index (χ2v) is 8.68. The summed E-state index contributed by atoms with van der Waals surface area (Å²) in [5.41, 5.74) is 1.70. The number of imide groups is 1. The molecule has 148 valence electrons. The fourth-order valence-corrected chi connectivity index (χ4v) is 4.26. The summed E-state index contributed by atoms with van der Waals surface area (Å²) in [6, 6.07) is 11.4. The van der Waals surface area contributed by atoms with E-state index in [-0.39, 0.29) is 11.8 Å². The van der Waals surface area contributed by atoms with Crippen molar-refractivity contribution < 1.29 is 19.1 Å². The Bertz CT molecular complexity index is 1030. The molecule has 0 spiro atoms. The van der Waals surface area contributed by atoms with E-state index in [0.29, 0.717) is 33.0 Å². The Labute approximate surface area is 189 Å². The molecule has 0 radical (unpaired) electrons. The zero-order chi connectivity index (χ0) is 21.0. The molecule has 0 unspecified atom stereocenters. The van der Waals surface area contributed by atoms with Crippen molar-refractivity contribution in [1.82, 2.24) is 4.90 Å². The van der Waals surface area contributed by atoms with Gasteiger partial charge in [-0.05, 0) is 69.2 Å². The maximum Gasteiger partial charge on any atom is 0.294 e. The third-order valence-corrected chi connectivity index (χ3v) is 5.99. The number of amides is 2. The van der Waals surface area contributed by atoms with Crippen molar-refractivity contribution in [3.05, 3.63) is 61.4 Å². The Morgan fingerprint density at radius 3 is 2.59 bits per heavy atom. The number of nitrogens with zero attached hydrogens (tertiary/aromatic N) is 1. The average Bonchev–Trinajstić information content (AvgIpc) is 2.96. The molecule has 1 aliphatic rings. The number of carbonyl (C=O) groups is 2. The molecule has 0 N–H and O–H groups in total. The van der Waals surface area contributed by atoms with Gasteiger partial charge in [0.2, 0.25) is 0 Å². The van der Waals surface area contributed by atoms with Gasteiger partial charge in [-0.15, -0.1) is 6.42 Å². The van der Waals surface area contributed by atoms with Gasteiger partial charge in [0.05, 0.1) is 23.0 Å². The number of thioether (sulfide) groups is 1. The molecule has 2 aromatic rings. The third kappa shape index (κ3) is 5.04. The Balaban J connectivity index is 1.83. The zero-order valence-electron chi connectivity index (χ0n) is 15.3. The SMILES string of the molecule is C#CCN1C(=O)S/C(=C/c2cc(Br)c(OCc3ccc(Br)cc3)c(OC)c2)C1=O. The molecule has 5 nitrogen and oxygen atoms in total. The second-order valence-electron chi connectivity index (χ2n) is 5.92. The van der Waals surface area contributed by atoms with Crippen LogP contribution in [-0.2, 0) is 11.4 Å². The number of carbonyl (C=O) groups excluding carboxylic acids is 2. The first kappa shape index (κ1) is 21.5. The van der Waals surface area contributed by atoms with Gasteiger partial charge in [-0.1, -0.05) is 34.0 Å². The van der Waals surface area contributed by atoms with Crippen LogP contribution >= 0.6 is 43.6 Å². The van der Waals surface area contributed by atoms with E-state index in [4.69, 9.17) is 15.9 Å². The first-order valence-electron chi connectivity index (χ1n) is 8.36. The predicted octanol–water partition coefficient (Wildman–Crippen LogP) is 5.47. The minimum absolute atomic E-state index is 0.0438. The Hall–Kier alpha value is -2.21. The van der Waals surface area contributed by atoms with Gasteiger partial charge in [-0.25, -0.2) is 0 Å². The summed E-state index contributed by atoms with van der Waals surface area (Å²) in [5.74, 6) is 2.97. The molecule has 0 bridgehead atoms. The van der Waals surface area contributed by atoms with Crippen LogP contribution in [-0.4, -0.2) is 29.7 Å². The van der Waals surface area contributed by atoms with Gasteiger partial charge in [0.25, 0.3) is 11.1 Å². The van der Waals surface area contributed by atoms with Crippen molar-refractivity contribution in [2.45, 2.75) is 6.61 Å². The topological polar surface area (TPSA) is 55.8 Å². The first-order chi connectivity index (χ1) is 13.9. The quantitative estimate of drug-likeness (QED) is 0.362. The lowest BCUT2D eigenvalue weighted by Crippen LogP contribution is -2.28. The van der Waals surface area contributed by atoms with Crippen molar-refractivity contribution >= 4 is 60.8 Å². The molecule has 8 heteroatoms. The summed E-state index contributed by atoms with van der Waals surface area (Å²) in [5, 5.41) is -0.375. The fourth-order valence-electron chi connectivity index (χ4n) is 2.58. The van der Waals surface area contributed by atoms with Crippen molar-refractivity contribution in [3.8, 4) is 23.8 Å². The van der Waals surface area contributed by atoms with Gasteiger partial charge >= 0.3 is 0 Å². The van der Waals surface area contributed by atoms with Gasteiger partial charge < -0.3 is 9.47 Å². The number of benzene rings is 2. The molecule has 3 rings (SSSR count). The Kier molecular flexibility index (Phi) is 7.06. The minimum atomic E-state index is -0.399. The molecule has 29 heavy (non-hydrogen) atoms. The highest BCUT2D eigenvalue weighted by Crippen LogP contribution is 2.39. The molecule has 2 aromatic carbocycles. The molecule has 0 aliphatic carbocycles. The number of hydrogen-bond donors (Lipinski definition) is 0. The molecular formula is C21H15Br2NO4S. The van der Waals surface area contributed by atoms with Crippen LogP contribution in [0.25, 0.3) is 6.08 Å². The number of ether oxygens (including phenoxy) is 2. The normalized spacial score (nSPS) is 15.0. The summed E-state index contributed by atoms with van der Waals surface area (Å²) in [6.07, 6.45) is 6.85. The summed E-state index contributed by atoms with van der Waals surface area (Å²) >= 11 is 7.77. The van der Waals surface area contributed by atoms with Gasteiger partial charge in [0.15, 0.2) is 11.5 Å². The predicted molar refractivity (Wildman–Crippen MR) is 121 cm³/mol. The lowest BCUT2D eigenvalue weighted by Gasteiger charge is -2.14. The monoisotopic (exact) mass is 535 g/mol. The average molecular weight is 537 g/mol. The van der Waals surface area contributed by atoms with E-state index in [1.165, 1.54) is 0 Å². The third-order valence-electron chi connectivity index (χ3n) is 3.97. The number of hydrogen-bond acceptors (Lipinski definition) is 5. The van der Waals surface area contributed by atoms with Crippen LogP contribution in [0.15, 0.2) is 50.2 Å². The Morgan fingerprint density at radius 1 is 1.21 bits per heavy atom. The molecule has 0 atom stereocenters. The molecule has 0 aromatic heterocycles. The largest absolute Gasteiger partial charge is 0.493 e. The molecule has 1 saturated heterocycles. The molecular weight excluding hydrogens is 522 g/mol. The van der Waals surface area contributed by atoms with Crippen LogP contribution in [0.4, 0.5) is 4.79 Å². The zero-order valence-corrected chi connectivity index (χ0v) is 19.3. The highest BCUT2D eigenvalue weighted by atomic mass is 79.9. The van der Waals surface area contributed by atoms with Gasteiger partial charge in [0, 0.05) is 4.47 Å². The second kappa shape index (κ2) is 9.53. The van der Waals surface area contributed by atoms with Gasteiger partial charge in [-0.2, -0.15) is 0 Å². The summed E-state index contributed by atoms with van der Waals surface area (Å²) in [7, 11) is 1.54. The fraction of sp³-hybridized carbons (Fsp3) is 0.143. The first-order valence-corrected chi connectivity index (χ1v) is 10.8. The molecule has 1 heterocycles. The lowest BCUT2D eigenvalue weighted by atomic mass is 10.1. The van der Waals surface area contributed by atoms with E-state index in [9.17, 15) is 9.59 Å². The van der Waals surface area contributed by atoms with Crippen molar-refractivity contribution in [2.75, 3.05) is 13.7 Å².